The van der Waals surface area contributed by atoms with Crippen LogP contribution in [0.4, 0.5) is 5.69 Å². The zero-order chi connectivity index (χ0) is 15.3. The number of nitrogens with one attached hydrogen (secondary N) is 1. The maximum atomic E-state index is 12.1. The first kappa shape index (κ1) is 15.6. The molecule has 1 atom stereocenters. The van der Waals surface area contributed by atoms with E-state index in [2.05, 4.69) is 24.4 Å². The Kier molecular flexibility index (Phi) is 5.02. The van der Waals surface area contributed by atoms with Crippen LogP contribution in [0.25, 0.3) is 0 Å². The Morgan fingerprint density at radius 3 is 2.29 bits per heavy atom. The van der Waals surface area contributed by atoms with E-state index >= 15 is 0 Å². The van der Waals surface area contributed by atoms with E-state index in [9.17, 15) is 8.42 Å². The average molecular weight is 303 g/mol. The molecule has 0 saturated carbocycles. The molecule has 0 saturated heterocycles. The van der Waals surface area contributed by atoms with E-state index in [4.69, 9.17) is 0 Å². The van der Waals surface area contributed by atoms with Gasteiger partial charge in [0, 0.05) is 6.54 Å². The van der Waals surface area contributed by atoms with Crippen molar-refractivity contribution in [1.82, 2.24) is 0 Å². The highest BCUT2D eigenvalue weighted by Gasteiger charge is 2.16. The van der Waals surface area contributed by atoms with Crippen LogP contribution in [-0.4, -0.2) is 20.7 Å². The van der Waals surface area contributed by atoms with Crippen LogP contribution in [0.2, 0.25) is 0 Å². The monoisotopic (exact) mass is 303 g/mol. The van der Waals surface area contributed by atoms with E-state index in [1.807, 2.05) is 30.3 Å². The zero-order valence-electron chi connectivity index (χ0n) is 12.4. The number of hydrogen-bond donors (Lipinski definition) is 1. The summed E-state index contributed by atoms with van der Waals surface area (Å²) >= 11 is 0. The fraction of sp³-hybridized carbons (Fsp3) is 0.294. The lowest BCUT2D eigenvalue weighted by Gasteiger charge is -2.16. The fourth-order valence-electron chi connectivity index (χ4n) is 2.20. The van der Waals surface area contributed by atoms with E-state index in [0.717, 1.165) is 0 Å². The Morgan fingerprint density at radius 2 is 1.62 bits per heavy atom. The van der Waals surface area contributed by atoms with Crippen LogP contribution in [-0.2, 0) is 9.84 Å². The van der Waals surface area contributed by atoms with Crippen molar-refractivity contribution < 1.29 is 8.42 Å². The predicted octanol–water partition coefficient (Wildman–Crippen LogP) is 3.70. The molecule has 0 aliphatic carbocycles. The minimum Gasteiger partial charge on any atom is -0.383 e. The molecule has 0 aliphatic heterocycles. The van der Waals surface area contributed by atoms with Crippen molar-refractivity contribution in [1.29, 1.82) is 0 Å². The van der Waals surface area contributed by atoms with Gasteiger partial charge in [-0.25, -0.2) is 8.42 Å². The topological polar surface area (TPSA) is 46.2 Å². The summed E-state index contributed by atoms with van der Waals surface area (Å²) in [5.74, 6) is 0.420. The maximum absolute atomic E-state index is 12.1. The third kappa shape index (κ3) is 3.85. The van der Waals surface area contributed by atoms with Crippen molar-refractivity contribution in [2.45, 2.75) is 24.7 Å². The summed E-state index contributed by atoms with van der Waals surface area (Å²) in [5.41, 5.74) is 1.92. The van der Waals surface area contributed by atoms with Crippen LogP contribution in [0, 0.1) is 0 Å². The lowest BCUT2D eigenvalue weighted by atomic mass is 10.0. The quantitative estimate of drug-likeness (QED) is 0.885. The minimum atomic E-state index is -3.20. The van der Waals surface area contributed by atoms with Crippen LogP contribution in [0.15, 0.2) is 59.5 Å². The Balaban J connectivity index is 2.14. The Labute approximate surface area is 126 Å². The van der Waals surface area contributed by atoms with Crippen molar-refractivity contribution in [3.8, 4) is 0 Å². The highest BCUT2D eigenvalue weighted by atomic mass is 32.2. The third-order valence-corrected chi connectivity index (χ3v) is 5.36. The van der Waals surface area contributed by atoms with Gasteiger partial charge in [-0.15, -0.1) is 0 Å². The van der Waals surface area contributed by atoms with Gasteiger partial charge in [0.15, 0.2) is 9.84 Å². The summed E-state index contributed by atoms with van der Waals surface area (Å²) in [4.78, 5) is 0.382. The number of sulfone groups is 1. The second-order valence-corrected chi connectivity index (χ2v) is 7.34. The molecule has 3 nitrogen and oxygen atoms in total. The first-order valence-corrected chi connectivity index (χ1v) is 8.80. The molecule has 1 unspecified atom stereocenters. The summed E-state index contributed by atoms with van der Waals surface area (Å²) in [6.45, 7) is 4.48. The SMILES string of the molecule is CCS(=O)(=O)c1ccccc1NCC(C)c1ccccc1. The number of anilines is 1. The lowest BCUT2D eigenvalue weighted by molar-refractivity contribution is 0.597. The Bertz CT molecular complexity index is 681. The van der Waals surface area contributed by atoms with Gasteiger partial charge >= 0.3 is 0 Å². The smallest absolute Gasteiger partial charge is 0.180 e. The largest absolute Gasteiger partial charge is 0.383 e. The second kappa shape index (κ2) is 6.76. The summed E-state index contributed by atoms with van der Waals surface area (Å²) in [6.07, 6.45) is 0. The van der Waals surface area contributed by atoms with E-state index < -0.39 is 9.84 Å². The van der Waals surface area contributed by atoms with E-state index in [0.29, 0.717) is 23.0 Å². The number of para-hydroxylation sites is 1. The first-order valence-electron chi connectivity index (χ1n) is 7.15. The van der Waals surface area contributed by atoms with Crippen molar-refractivity contribution >= 4 is 15.5 Å². The van der Waals surface area contributed by atoms with Gasteiger partial charge in [0.25, 0.3) is 0 Å². The summed E-state index contributed by atoms with van der Waals surface area (Å²) < 4.78 is 24.2. The molecule has 4 heteroatoms. The fourth-order valence-corrected chi connectivity index (χ4v) is 3.27. The van der Waals surface area contributed by atoms with Gasteiger partial charge in [0.2, 0.25) is 0 Å². The molecule has 0 amide bonds. The molecule has 0 radical (unpaired) electrons. The molecular formula is C17H21NO2S. The number of rotatable bonds is 6. The van der Waals surface area contributed by atoms with Gasteiger partial charge in [0.1, 0.15) is 0 Å². The third-order valence-electron chi connectivity index (χ3n) is 3.57. The molecule has 2 aromatic carbocycles. The molecular weight excluding hydrogens is 282 g/mol. The summed E-state index contributed by atoms with van der Waals surface area (Å²) in [7, 11) is -3.20. The van der Waals surface area contributed by atoms with Crippen LogP contribution in [0.1, 0.15) is 25.3 Å². The molecule has 0 spiro atoms. The van der Waals surface area contributed by atoms with Crippen LogP contribution in [0.3, 0.4) is 0 Å². The molecule has 0 bridgehead atoms. The lowest BCUT2D eigenvalue weighted by Crippen LogP contribution is -2.13. The number of benzene rings is 2. The van der Waals surface area contributed by atoms with Crippen molar-refractivity contribution in [2.24, 2.45) is 0 Å². The van der Waals surface area contributed by atoms with Gasteiger partial charge < -0.3 is 5.32 Å². The maximum Gasteiger partial charge on any atom is 0.180 e. The molecule has 2 aromatic rings. The molecule has 0 heterocycles. The van der Waals surface area contributed by atoms with Gasteiger partial charge in [-0.3, -0.25) is 0 Å². The second-order valence-electron chi connectivity index (χ2n) is 5.09. The van der Waals surface area contributed by atoms with E-state index in [-0.39, 0.29) is 5.75 Å². The van der Waals surface area contributed by atoms with E-state index in [1.54, 1.807) is 19.1 Å². The molecule has 1 N–H and O–H groups in total. The normalized spacial score (nSPS) is 12.9. The molecule has 21 heavy (non-hydrogen) atoms. The Hall–Kier alpha value is -1.81. The van der Waals surface area contributed by atoms with Crippen LogP contribution < -0.4 is 5.32 Å². The highest BCUT2D eigenvalue weighted by molar-refractivity contribution is 7.91. The zero-order valence-corrected chi connectivity index (χ0v) is 13.2. The van der Waals surface area contributed by atoms with Gasteiger partial charge in [-0.2, -0.15) is 0 Å². The standard InChI is InChI=1S/C17H21NO2S/c1-3-21(19,20)17-12-8-7-11-16(17)18-13-14(2)15-9-5-4-6-10-15/h4-12,14,18H,3,13H2,1-2H3. The molecule has 2 rings (SSSR count). The number of hydrogen-bond acceptors (Lipinski definition) is 3. The van der Waals surface area contributed by atoms with Gasteiger partial charge in [-0.05, 0) is 23.6 Å². The predicted molar refractivity (Wildman–Crippen MR) is 87.5 cm³/mol. The average Bonchev–Trinajstić information content (AvgIpc) is 2.53. The first-order chi connectivity index (χ1) is 10.0. The molecule has 0 fully saturated rings. The minimum absolute atomic E-state index is 0.111. The highest BCUT2D eigenvalue weighted by Crippen LogP contribution is 2.23. The summed E-state index contributed by atoms with van der Waals surface area (Å²) in [6, 6.07) is 17.3. The van der Waals surface area contributed by atoms with Crippen LogP contribution >= 0.6 is 0 Å². The molecule has 0 aliphatic rings. The molecule has 0 aromatic heterocycles. The molecule has 112 valence electrons. The van der Waals surface area contributed by atoms with Crippen molar-refractivity contribution in [2.75, 3.05) is 17.6 Å². The van der Waals surface area contributed by atoms with Crippen LogP contribution in [0.5, 0.6) is 0 Å². The van der Waals surface area contributed by atoms with Crippen molar-refractivity contribution in [3.63, 3.8) is 0 Å². The van der Waals surface area contributed by atoms with Gasteiger partial charge in [0.05, 0.1) is 16.3 Å². The summed E-state index contributed by atoms with van der Waals surface area (Å²) in [5, 5.41) is 3.27. The Morgan fingerprint density at radius 1 is 1.00 bits per heavy atom. The van der Waals surface area contributed by atoms with Gasteiger partial charge in [-0.1, -0.05) is 56.3 Å². The van der Waals surface area contributed by atoms with E-state index in [1.165, 1.54) is 5.56 Å². The van der Waals surface area contributed by atoms with Crippen molar-refractivity contribution in [3.05, 3.63) is 60.2 Å².